The maximum Gasteiger partial charge on any atom is 0.264 e. The van der Waals surface area contributed by atoms with E-state index in [9.17, 15) is 13.7 Å². The lowest BCUT2D eigenvalue weighted by Gasteiger charge is -2.37. The van der Waals surface area contributed by atoms with E-state index in [4.69, 9.17) is 9.47 Å². The molecule has 2 aliphatic heterocycles. The molecule has 2 aliphatic rings. The van der Waals surface area contributed by atoms with Gasteiger partial charge in [-0.25, -0.2) is 8.42 Å². The number of rotatable bonds is 7. The van der Waals surface area contributed by atoms with E-state index in [0.717, 1.165) is 63.0 Å². The molecular formula is C26H32N2O4S. The van der Waals surface area contributed by atoms with E-state index in [1.54, 1.807) is 16.4 Å². The topological polar surface area (TPSA) is 79.6 Å². The van der Waals surface area contributed by atoms with Crippen LogP contribution in [-0.4, -0.2) is 34.3 Å². The van der Waals surface area contributed by atoms with Gasteiger partial charge in [0, 0.05) is 19.3 Å². The highest BCUT2D eigenvalue weighted by atomic mass is 32.2. The van der Waals surface area contributed by atoms with Crippen molar-refractivity contribution in [3.63, 3.8) is 0 Å². The van der Waals surface area contributed by atoms with Crippen LogP contribution in [0.15, 0.2) is 41.3 Å². The molecule has 6 nitrogen and oxygen atoms in total. The number of nitrogens with zero attached hydrogens (tertiary/aromatic N) is 2. The molecular weight excluding hydrogens is 436 g/mol. The molecule has 1 unspecified atom stereocenters. The van der Waals surface area contributed by atoms with Crippen molar-refractivity contribution in [2.75, 3.05) is 24.1 Å². The average Bonchev–Trinajstić information content (AvgIpc) is 2.86. The van der Waals surface area contributed by atoms with Gasteiger partial charge in [0.15, 0.2) is 0 Å². The van der Waals surface area contributed by atoms with E-state index in [0.29, 0.717) is 18.3 Å². The molecule has 0 radical (unpaired) electrons. The van der Waals surface area contributed by atoms with Crippen LogP contribution in [0.3, 0.4) is 0 Å². The van der Waals surface area contributed by atoms with Gasteiger partial charge in [-0.2, -0.15) is 5.26 Å². The molecule has 0 bridgehead atoms. The quantitative estimate of drug-likeness (QED) is 0.581. The van der Waals surface area contributed by atoms with Crippen molar-refractivity contribution in [3.8, 4) is 11.8 Å². The summed E-state index contributed by atoms with van der Waals surface area (Å²) in [5.74, 6) is 0.818. The van der Waals surface area contributed by atoms with Crippen molar-refractivity contribution >= 4 is 15.7 Å². The third-order valence-corrected chi connectivity index (χ3v) is 8.65. The number of aryl methyl sites for hydroxylation is 2. The monoisotopic (exact) mass is 468 g/mol. The maximum absolute atomic E-state index is 13.8. The Morgan fingerprint density at radius 2 is 1.91 bits per heavy atom. The van der Waals surface area contributed by atoms with Gasteiger partial charge in [-0.1, -0.05) is 26.0 Å². The molecule has 1 atom stereocenters. The second kappa shape index (κ2) is 10.1. The smallest absolute Gasteiger partial charge is 0.264 e. The van der Waals surface area contributed by atoms with Crippen LogP contribution in [0.2, 0.25) is 0 Å². The predicted octanol–water partition coefficient (Wildman–Crippen LogP) is 4.85. The fourth-order valence-corrected chi connectivity index (χ4v) is 6.54. The zero-order valence-corrected chi connectivity index (χ0v) is 20.2. The van der Waals surface area contributed by atoms with Gasteiger partial charge in [0.1, 0.15) is 11.8 Å². The van der Waals surface area contributed by atoms with Crippen LogP contribution in [0, 0.1) is 17.2 Å². The molecule has 0 amide bonds. The van der Waals surface area contributed by atoms with Crippen LogP contribution in [-0.2, 0) is 27.6 Å². The van der Waals surface area contributed by atoms with Gasteiger partial charge in [0.25, 0.3) is 10.0 Å². The molecule has 1 saturated heterocycles. The lowest BCUT2D eigenvalue weighted by Crippen LogP contribution is -2.43. The zero-order valence-electron chi connectivity index (χ0n) is 19.4. The van der Waals surface area contributed by atoms with Crippen LogP contribution in [0.5, 0.6) is 5.75 Å². The Kier molecular flexibility index (Phi) is 7.26. The number of fused-ring (bicyclic) bond motifs is 1. The maximum atomic E-state index is 13.8. The number of nitriles is 1. The summed E-state index contributed by atoms with van der Waals surface area (Å²) in [6.07, 6.45) is 5.16. The molecule has 0 spiro atoms. The first-order chi connectivity index (χ1) is 16.0. The fourth-order valence-electron chi connectivity index (χ4n) is 4.72. The number of hydrogen-bond acceptors (Lipinski definition) is 5. The fraction of sp³-hybridized carbons (Fsp3) is 0.500. The zero-order chi connectivity index (χ0) is 23.4. The van der Waals surface area contributed by atoms with Crippen LogP contribution in [0.1, 0.15) is 56.2 Å². The van der Waals surface area contributed by atoms with Crippen molar-refractivity contribution in [1.82, 2.24) is 0 Å². The van der Waals surface area contributed by atoms with E-state index < -0.39 is 10.0 Å². The number of anilines is 1. The van der Waals surface area contributed by atoms with E-state index in [2.05, 4.69) is 19.1 Å². The highest BCUT2D eigenvalue weighted by Crippen LogP contribution is 2.38. The second-order valence-corrected chi connectivity index (χ2v) is 10.7. The largest absolute Gasteiger partial charge is 0.492 e. The summed E-state index contributed by atoms with van der Waals surface area (Å²) >= 11 is 0. The minimum atomic E-state index is -3.83. The van der Waals surface area contributed by atoms with Crippen molar-refractivity contribution in [2.24, 2.45) is 5.92 Å². The third kappa shape index (κ3) is 4.87. The summed E-state index contributed by atoms with van der Waals surface area (Å²) in [5, 5.41) is 9.71. The van der Waals surface area contributed by atoms with Crippen LogP contribution < -0.4 is 9.04 Å². The molecule has 4 rings (SSSR count). The number of hydrogen-bond donors (Lipinski definition) is 0. The molecule has 1 fully saturated rings. The number of ether oxygens (including phenoxy) is 2. The standard InChI is InChI=1S/C26H32N2O4S/c1-3-19-5-9-25-21(15-19)6-7-23(4-2)28(25)33(29,30)24-8-10-26(22(16-24)17-27)32-18-20-11-13-31-14-12-20/h5,8-10,15-16,20,23H,3-4,6-7,11-14,18H2,1-2H3. The highest BCUT2D eigenvalue weighted by molar-refractivity contribution is 7.92. The van der Waals surface area contributed by atoms with E-state index in [1.165, 1.54) is 11.6 Å². The highest BCUT2D eigenvalue weighted by Gasteiger charge is 2.35. The van der Waals surface area contributed by atoms with Gasteiger partial charge in [-0.15, -0.1) is 0 Å². The molecule has 33 heavy (non-hydrogen) atoms. The Bertz CT molecular complexity index is 1130. The molecule has 2 aromatic carbocycles. The first kappa shape index (κ1) is 23.6. The van der Waals surface area contributed by atoms with Crippen molar-refractivity contribution < 1.29 is 17.9 Å². The second-order valence-electron chi connectivity index (χ2n) is 8.85. The molecule has 2 heterocycles. The summed E-state index contributed by atoms with van der Waals surface area (Å²) in [6.45, 7) is 6.08. The Morgan fingerprint density at radius 1 is 1.12 bits per heavy atom. The third-order valence-electron chi connectivity index (χ3n) is 6.78. The Hall–Kier alpha value is -2.56. The summed E-state index contributed by atoms with van der Waals surface area (Å²) in [7, 11) is -3.83. The molecule has 0 N–H and O–H groups in total. The molecule has 0 saturated carbocycles. The predicted molar refractivity (Wildman–Crippen MR) is 128 cm³/mol. The SMILES string of the molecule is CCc1ccc2c(c1)CCC(CC)N2S(=O)(=O)c1ccc(OCC2CCOCC2)c(C#N)c1. The minimum absolute atomic E-state index is 0.107. The normalized spacial score (nSPS) is 19.1. The average molecular weight is 469 g/mol. The molecule has 0 aromatic heterocycles. The van der Waals surface area contributed by atoms with Crippen LogP contribution >= 0.6 is 0 Å². The summed E-state index contributed by atoms with van der Waals surface area (Å²) in [4.78, 5) is 0.128. The van der Waals surface area contributed by atoms with Crippen molar-refractivity contribution in [1.29, 1.82) is 5.26 Å². The summed E-state index contributed by atoms with van der Waals surface area (Å²) in [6, 6.07) is 12.7. The van der Waals surface area contributed by atoms with Crippen LogP contribution in [0.25, 0.3) is 0 Å². The first-order valence-electron chi connectivity index (χ1n) is 11.9. The van der Waals surface area contributed by atoms with Crippen molar-refractivity contribution in [2.45, 2.75) is 63.3 Å². The van der Waals surface area contributed by atoms with E-state index >= 15 is 0 Å². The number of benzene rings is 2. The lowest BCUT2D eigenvalue weighted by molar-refractivity contribution is 0.0497. The Morgan fingerprint density at radius 3 is 2.61 bits per heavy atom. The van der Waals surface area contributed by atoms with E-state index in [-0.39, 0.29) is 16.5 Å². The Balaban J connectivity index is 1.64. The van der Waals surface area contributed by atoms with Gasteiger partial charge in [0.05, 0.1) is 22.8 Å². The number of sulfonamides is 1. The molecule has 7 heteroatoms. The van der Waals surface area contributed by atoms with Crippen LogP contribution in [0.4, 0.5) is 5.69 Å². The van der Waals surface area contributed by atoms with E-state index in [1.807, 2.05) is 19.1 Å². The first-order valence-corrected chi connectivity index (χ1v) is 13.3. The van der Waals surface area contributed by atoms with Crippen molar-refractivity contribution in [3.05, 3.63) is 53.1 Å². The Labute approximate surface area is 197 Å². The summed E-state index contributed by atoms with van der Waals surface area (Å²) < 4.78 is 40.5. The van der Waals surface area contributed by atoms with Gasteiger partial charge in [0.2, 0.25) is 0 Å². The molecule has 176 valence electrons. The molecule has 0 aliphatic carbocycles. The molecule has 2 aromatic rings. The van der Waals surface area contributed by atoms with Gasteiger partial charge < -0.3 is 9.47 Å². The summed E-state index contributed by atoms with van der Waals surface area (Å²) in [5.41, 5.74) is 3.27. The minimum Gasteiger partial charge on any atom is -0.492 e. The van der Waals surface area contributed by atoms with Gasteiger partial charge in [-0.3, -0.25) is 4.31 Å². The lowest BCUT2D eigenvalue weighted by atomic mass is 9.94. The van der Waals surface area contributed by atoms with Gasteiger partial charge in [-0.05, 0) is 79.8 Å². The van der Waals surface area contributed by atoms with Gasteiger partial charge >= 0.3 is 0 Å².